The van der Waals surface area contributed by atoms with Gasteiger partial charge >= 0.3 is 5.97 Å². The molecule has 0 unspecified atom stereocenters. The van der Waals surface area contributed by atoms with Crippen LogP contribution in [-0.2, 0) is 9.59 Å². The maximum Gasteiger partial charge on any atom is 0.303 e. The Morgan fingerprint density at radius 3 is 2.08 bits per heavy atom. The first-order valence-electron chi connectivity index (χ1n) is 4.11. The Morgan fingerprint density at radius 1 is 1.33 bits per heavy atom. The molecule has 0 aliphatic heterocycles. The van der Waals surface area contributed by atoms with Crippen LogP contribution < -0.4 is 0 Å². The number of carbonyl (C=O) groups is 2. The summed E-state index contributed by atoms with van der Waals surface area (Å²) in [7, 11) is 0. The Labute approximate surface area is 72.8 Å². The lowest BCUT2D eigenvalue weighted by atomic mass is 9.80. The van der Waals surface area contributed by atoms with Crippen LogP contribution in [0.15, 0.2) is 0 Å². The monoisotopic (exact) mass is 172 g/mol. The second-order valence-corrected chi connectivity index (χ2v) is 3.61. The number of ketones is 1. The van der Waals surface area contributed by atoms with Crippen LogP contribution >= 0.6 is 0 Å². The fraction of sp³-hybridized carbons (Fsp3) is 0.778. The van der Waals surface area contributed by atoms with Gasteiger partial charge in [0.1, 0.15) is 5.78 Å². The van der Waals surface area contributed by atoms with Crippen molar-refractivity contribution in [1.29, 1.82) is 0 Å². The highest BCUT2D eigenvalue weighted by atomic mass is 16.4. The molecule has 3 nitrogen and oxygen atoms in total. The fourth-order valence-corrected chi connectivity index (χ4v) is 1.28. The first-order chi connectivity index (χ1) is 5.39. The van der Waals surface area contributed by atoms with Gasteiger partial charge in [0.05, 0.1) is 6.42 Å². The van der Waals surface area contributed by atoms with Gasteiger partial charge in [0.15, 0.2) is 0 Å². The second-order valence-electron chi connectivity index (χ2n) is 3.61. The molecule has 0 aromatic heterocycles. The molecule has 0 spiro atoms. The Hall–Kier alpha value is -0.860. The third kappa shape index (κ3) is 4.11. The molecule has 0 fully saturated rings. The van der Waals surface area contributed by atoms with Crippen molar-refractivity contribution in [2.45, 2.75) is 40.0 Å². The quantitative estimate of drug-likeness (QED) is 0.688. The van der Waals surface area contributed by atoms with Gasteiger partial charge in [0, 0.05) is 6.42 Å². The zero-order valence-corrected chi connectivity index (χ0v) is 7.89. The third-order valence-corrected chi connectivity index (χ3v) is 2.11. The Kier molecular flexibility index (Phi) is 3.93. The number of carboxylic acid groups (broad SMARTS) is 1. The topological polar surface area (TPSA) is 54.4 Å². The Bertz CT molecular complexity index is 168. The zero-order valence-electron chi connectivity index (χ0n) is 7.89. The number of hydrogen-bond acceptors (Lipinski definition) is 2. The lowest BCUT2D eigenvalue weighted by Gasteiger charge is -2.24. The molecule has 0 amide bonds. The van der Waals surface area contributed by atoms with Gasteiger partial charge in [-0.2, -0.15) is 0 Å². The SMILES string of the molecule is CC[C@](C)(CC(C)=O)CC(=O)O. The molecular weight excluding hydrogens is 156 g/mol. The van der Waals surface area contributed by atoms with Crippen LogP contribution in [0.1, 0.15) is 40.0 Å². The highest BCUT2D eigenvalue weighted by Crippen LogP contribution is 2.29. The van der Waals surface area contributed by atoms with Crippen molar-refractivity contribution in [2.24, 2.45) is 5.41 Å². The molecule has 12 heavy (non-hydrogen) atoms. The molecule has 0 heterocycles. The number of carboxylic acids is 1. The summed E-state index contributed by atoms with van der Waals surface area (Å²) in [6, 6.07) is 0. The molecule has 0 aliphatic rings. The molecule has 0 rings (SSSR count). The number of Topliss-reactive ketones (excluding diaryl/α,β-unsaturated/α-hetero) is 1. The lowest BCUT2D eigenvalue weighted by molar-refractivity contribution is -0.140. The van der Waals surface area contributed by atoms with Gasteiger partial charge in [-0.05, 0) is 18.8 Å². The summed E-state index contributed by atoms with van der Waals surface area (Å²) < 4.78 is 0. The van der Waals surface area contributed by atoms with E-state index in [9.17, 15) is 9.59 Å². The highest BCUT2D eigenvalue weighted by molar-refractivity contribution is 5.77. The minimum absolute atomic E-state index is 0.0561. The van der Waals surface area contributed by atoms with Crippen LogP contribution in [0.3, 0.4) is 0 Å². The molecule has 0 saturated heterocycles. The van der Waals surface area contributed by atoms with Crippen LogP contribution in [-0.4, -0.2) is 16.9 Å². The van der Waals surface area contributed by atoms with Gasteiger partial charge in [-0.15, -0.1) is 0 Å². The summed E-state index contributed by atoms with van der Waals surface area (Å²) >= 11 is 0. The van der Waals surface area contributed by atoms with E-state index in [0.717, 1.165) is 6.42 Å². The van der Waals surface area contributed by atoms with Crippen molar-refractivity contribution in [3.63, 3.8) is 0 Å². The highest BCUT2D eigenvalue weighted by Gasteiger charge is 2.26. The van der Waals surface area contributed by atoms with Crippen molar-refractivity contribution in [3.8, 4) is 0 Å². The number of rotatable bonds is 5. The summed E-state index contributed by atoms with van der Waals surface area (Å²) in [5.41, 5.74) is -0.363. The minimum Gasteiger partial charge on any atom is -0.481 e. The molecule has 3 heteroatoms. The van der Waals surface area contributed by atoms with E-state index in [1.54, 1.807) is 0 Å². The van der Waals surface area contributed by atoms with Crippen LogP contribution in [0.2, 0.25) is 0 Å². The Morgan fingerprint density at radius 2 is 1.83 bits per heavy atom. The van der Waals surface area contributed by atoms with Gasteiger partial charge in [-0.3, -0.25) is 4.79 Å². The van der Waals surface area contributed by atoms with Crippen molar-refractivity contribution < 1.29 is 14.7 Å². The standard InChI is InChI=1S/C9H16O3/c1-4-9(3,5-7(2)10)6-8(11)12/h4-6H2,1-3H3,(H,11,12)/t9-/m1/s1. The van der Waals surface area contributed by atoms with Crippen molar-refractivity contribution in [3.05, 3.63) is 0 Å². The van der Waals surface area contributed by atoms with Crippen LogP contribution in [0, 0.1) is 5.41 Å². The van der Waals surface area contributed by atoms with E-state index in [0.29, 0.717) is 6.42 Å². The number of aliphatic carboxylic acids is 1. The van der Waals surface area contributed by atoms with Crippen LogP contribution in [0.25, 0.3) is 0 Å². The summed E-state index contributed by atoms with van der Waals surface area (Å²) in [5.74, 6) is -0.777. The summed E-state index contributed by atoms with van der Waals surface area (Å²) in [4.78, 5) is 21.3. The molecule has 0 bridgehead atoms. The molecule has 70 valence electrons. The number of hydrogen-bond donors (Lipinski definition) is 1. The smallest absolute Gasteiger partial charge is 0.303 e. The van der Waals surface area contributed by atoms with Gasteiger partial charge in [0.25, 0.3) is 0 Å². The molecular formula is C9H16O3. The van der Waals surface area contributed by atoms with Crippen LogP contribution in [0.5, 0.6) is 0 Å². The molecule has 1 N–H and O–H groups in total. The van der Waals surface area contributed by atoms with Gasteiger partial charge in [-0.1, -0.05) is 13.8 Å². The fourth-order valence-electron chi connectivity index (χ4n) is 1.28. The average Bonchev–Trinajstić information content (AvgIpc) is 1.83. The summed E-state index contributed by atoms with van der Waals surface area (Å²) in [6.07, 6.45) is 1.15. The predicted octanol–water partition coefficient (Wildman–Crippen LogP) is 1.86. The lowest BCUT2D eigenvalue weighted by Crippen LogP contribution is -2.22. The summed E-state index contributed by atoms with van der Waals surface area (Å²) in [5, 5.41) is 8.58. The molecule has 0 aromatic carbocycles. The van der Waals surface area contributed by atoms with Crippen LogP contribution in [0.4, 0.5) is 0 Å². The largest absolute Gasteiger partial charge is 0.481 e. The van der Waals surface area contributed by atoms with E-state index in [1.165, 1.54) is 6.92 Å². The van der Waals surface area contributed by atoms with Crippen molar-refractivity contribution in [1.82, 2.24) is 0 Å². The maximum atomic E-state index is 10.8. The van der Waals surface area contributed by atoms with E-state index in [4.69, 9.17) is 5.11 Å². The number of carbonyl (C=O) groups excluding carboxylic acids is 1. The zero-order chi connectivity index (χ0) is 9.78. The van der Waals surface area contributed by atoms with E-state index in [1.807, 2.05) is 13.8 Å². The average molecular weight is 172 g/mol. The van der Waals surface area contributed by atoms with E-state index in [-0.39, 0.29) is 17.6 Å². The normalized spacial score (nSPS) is 15.2. The molecule has 0 saturated carbocycles. The maximum absolute atomic E-state index is 10.8. The van der Waals surface area contributed by atoms with E-state index in [2.05, 4.69) is 0 Å². The van der Waals surface area contributed by atoms with E-state index < -0.39 is 5.97 Å². The van der Waals surface area contributed by atoms with Crippen molar-refractivity contribution >= 4 is 11.8 Å². The van der Waals surface area contributed by atoms with Gasteiger partial charge in [-0.25, -0.2) is 0 Å². The molecule has 0 radical (unpaired) electrons. The molecule has 0 aromatic rings. The van der Waals surface area contributed by atoms with Gasteiger partial charge < -0.3 is 9.90 Å². The molecule has 0 aliphatic carbocycles. The second kappa shape index (κ2) is 4.24. The van der Waals surface area contributed by atoms with Crippen molar-refractivity contribution in [2.75, 3.05) is 0 Å². The molecule has 1 atom stereocenters. The first-order valence-corrected chi connectivity index (χ1v) is 4.11. The third-order valence-electron chi connectivity index (χ3n) is 2.11. The van der Waals surface area contributed by atoms with Gasteiger partial charge in [0.2, 0.25) is 0 Å². The van der Waals surface area contributed by atoms with E-state index >= 15 is 0 Å². The Balaban J connectivity index is 4.23. The first kappa shape index (κ1) is 11.1. The predicted molar refractivity (Wildman–Crippen MR) is 45.9 cm³/mol. The summed E-state index contributed by atoms with van der Waals surface area (Å²) in [6.45, 7) is 5.24. The minimum atomic E-state index is -0.833.